The number of H-pyrrole nitrogens is 1. The Kier molecular flexibility index (Phi) is 4.20. The van der Waals surface area contributed by atoms with Gasteiger partial charge in [-0.1, -0.05) is 6.07 Å². The molecule has 7 heteroatoms. The maximum Gasteiger partial charge on any atom is 0.189 e. The molecule has 6 nitrogen and oxygen atoms in total. The van der Waals surface area contributed by atoms with Crippen LogP contribution in [0.5, 0.6) is 0 Å². The quantitative estimate of drug-likeness (QED) is 0.756. The monoisotopic (exact) mass is 315 g/mol. The third-order valence-corrected chi connectivity index (χ3v) is 3.80. The summed E-state index contributed by atoms with van der Waals surface area (Å²) in [6, 6.07) is 5.93. The number of pyridine rings is 1. The fraction of sp³-hybridized carbons (Fsp3) is 0.312. The molecule has 3 rings (SSSR count). The van der Waals surface area contributed by atoms with Crippen molar-refractivity contribution in [1.29, 1.82) is 0 Å². The summed E-state index contributed by atoms with van der Waals surface area (Å²) in [5.74, 6) is 0.391. The minimum atomic E-state index is -0.430. The zero-order chi connectivity index (χ0) is 16.4. The van der Waals surface area contributed by atoms with Gasteiger partial charge in [0.25, 0.3) is 0 Å². The largest absolute Gasteiger partial charge is 0.355 e. The van der Waals surface area contributed by atoms with E-state index >= 15 is 0 Å². The maximum atomic E-state index is 13.9. The zero-order valence-corrected chi connectivity index (χ0v) is 13.0. The third-order valence-electron chi connectivity index (χ3n) is 3.80. The highest BCUT2D eigenvalue weighted by atomic mass is 19.1. The van der Waals surface area contributed by atoms with Gasteiger partial charge in [-0.15, -0.1) is 0 Å². The molecule has 1 atom stereocenters. The van der Waals surface area contributed by atoms with Crippen LogP contribution in [-0.4, -0.2) is 19.7 Å². The number of rotatable bonds is 5. The molecule has 0 amide bonds. The molecule has 0 unspecified atom stereocenters. The number of hydrogen-bond donors (Lipinski definition) is 2. The van der Waals surface area contributed by atoms with Gasteiger partial charge < -0.3 is 10.3 Å². The number of benzene rings is 1. The molecule has 2 N–H and O–H groups in total. The first-order chi connectivity index (χ1) is 11.1. The molecule has 0 aliphatic carbocycles. The lowest BCUT2D eigenvalue weighted by molar-refractivity contribution is 0.495. The number of hydrogen-bond acceptors (Lipinski definition) is 4. The van der Waals surface area contributed by atoms with Crippen LogP contribution in [0.15, 0.2) is 35.4 Å². The van der Waals surface area contributed by atoms with E-state index in [9.17, 15) is 9.18 Å². The van der Waals surface area contributed by atoms with Crippen LogP contribution in [-0.2, 0) is 13.1 Å². The molecule has 0 bridgehead atoms. The molecular formula is C16H18FN5O. The molecule has 23 heavy (non-hydrogen) atoms. The Morgan fingerprint density at radius 3 is 3.04 bits per heavy atom. The van der Waals surface area contributed by atoms with Crippen molar-refractivity contribution >= 4 is 10.9 Å². The van der Waals surface area contributed by atoms with Crippen LogP contribution in [0, 0.1) is 5.82 Å². The van der Waals surface area contributed by atoms with Gasteiger partial charge in [0.15, 0.2) is 5.43 Å². The van der Waals surface area contributed by atoms with Crippen LogP contribution in [0.1, 0.15) is 31.4 Å². The lowest BCUT2D eigenvalue weighted by Crippen LogP contribution is -2.23. The summed E-state index contributed by atoms with van der Waals surface area (Å²) in [4.78, 5) is 19.3. The van der Waals surface area contributed by atoms with Gasteiger partial charge in [-0.25, -0.2) is 14.1 Å². The number of aromatic nitrogens is 4. The summed E-state index contributed by atoms with van der Waals surface area (Å²) in [5, 5.41) is 7.76. The number of aromatic amines is 1. The van der Waals surface area contributed by atoms with Gasteiger partial charge in [0.05, 0.1) is 11.6 Å². The van der Waals surface area contributed by atoms with E-state index in [2.05, 4.69) is 20.4 Å². The zero-order valence-electron chi connectivity index (χ0n) is 13.0. The third kappa shape index (κ3) is 3.00. The van der Waals surface area contributed by atoms with Gasteiger partial charge in [-0.3, -0.25) is 4.79 Å². The Bertz CT molecular complexity index is 886. The standard InChI is InChI=1S/C16H18FN5O/c1-3-22-16(19-9-20-22)10(2)18-8-11-7-14(23)12-5-4-6-13(17)15(12)21-11/h4-7,9-10,18H,3,8H2,1-2H3,(H,21,23)/t10-/m0/s1. The first-order valence-electron chi connectivity index (χ1n) is 7.51. The van der Waals surface area contributed by atoms with Gasteiger partial charge in [0.1, 0.15) is 18.0 Å². The summed E-state index contributed by atoms with van der Waals surface area (Å²) in [5.41, 5.74) is 0.669. The van der Waals surface area contributed by atoms with E-state index in [1.165, 1.54) is 24.5 Å². The molecule has 0 fully saturated rings. The van der Waals surface area contributed by atoms with Crippen molar-refractivity contribution < 1.29 is 4.39 Å². The second-order valence-electron chi connectivity index (χ2n) is 5.36. The van der Waals surface area contributed by atoms with Crippen molar-refractivity contribution in [3.8, 4) is 0 Å². The van der Waals surface area contributed by atoms with E-state index in [-0.39, 0.29) is 17.0 Å². The highest BCUT2D eigenvalue weighted by Gasteiger charge is 2.12. The minimum absolute atomic E-state index is 0.0442. The van der Waals surface area contributed by atoms with Crippen molar-refractivity contribution in [3.05, 3.63) is 58.2 Å². The van der Waals surface area contributed by atoms with Crippen LogP contribution in [0.4, 0.5) is 4.39 Å². The summed E-state index contributed by atoms with van der Waals surface area (Å²) in [6.07, 6.45) is 1.52. The molecule has 0 aliphatic rings. The van der Waals surface area contributed by atoms with Gasteiger partial charge >= 0.3 is 0 Å². The Balaban J connectivity index is 1.82. The number of para-hydroxylation sites is 1. The van der Waals surface area contributed by atoms with Crippen molar-refractivity contribution in [2.24, 2.45) is 0 Å². The van der Waals surface area contributed by atoms with E-state index in [4.69, 9.17) is 0 Å². The van der Waals surface area contributed by atoms with Gasteiger partial charge in [0, 0.05) is 30.2 Å². The Hall–Kier alpha value is -2.54. The number of aryl methyl sites for hydroxylation is 1. The lowest BCUT2D eigenvalue weighted by Gasteiger charge is -2.14. The van der Waals surface area contributed by atoms with E-state index < -0.39 is 5.82 Å². The van der Waals surface area contributed by atoms with E-state index in [1.807, 2.05) is 13.8 Å². The predicted octanol–water partition coefficient (Wildman–Crippen LogP) is 2.13. The Morgan fingerprint density at radius 1 is 1.43 bits per heavy atom. The van der Waals surface area contributed by atoms with Crippen LogP contribution in [0.2, 0.25) is 0 Å². The van der Waals surface area contributed by atoms with Crippen LogP contribution in [0.3, 0.4) is 0 Å². The van der Waals surface area contributed by atoms with Crippen LogP contribution < -0.4 is 10.7 Å². The summed E-state index contributed by atoms with van der Waals surface area (Å²) in [6.45, 7) is 5.10. The van der Waals surface area contributed by atoms with Crippen LogP contribution >= 0.6 is 0 Å². The van der Waals surface area contributed by atoms with Gasteiger partial charge in [0.2, 0.25) is 0 Å². The average Bonchev–Trinajstić information content (AvgIpc) is 3.02. The Morgan fingerprint density at radius 2 is 2.26 bits per heavy atom. The highest BCUT2D eigenvalue weighted by molar-refractivity contribution is 5.78. The average molecular weight is 315 g/mol. The summed E-state index contributed by atoms with van der Waals surface area (Å²) >= 11 is 0. The van der Waals surface area contributed by atoms with Crippen molar-refractivity contribution in [2.75, 3.05) is 0 Å². The molecule has 2 heterocycles. The van der Waals surface area contributed by atoms with E-state index in [0.717, 1.165) is 12.4 Å². The molecule has 0 saturated carbocycles. The fourth-order valence-electron chi connectivity index (χ4n) is 2.59. The second-order valence-corrected chi connectivity index (χ2v) is 5.36. The SMILES string of the molecule is CCn1ncnc1[C@H](C)NCc1cc(=O)c2cccc(F)c2[nH]1. The minimum Gasteiger partial charge on any atom is -0.355 e. The molecule has 120 valence electrons. The molecule has 3 aromatic rings. The van der Waals surface area contributed by atoms with E-state index in [1.54, 1.807) is 10.7 Å². The molecule has 0 aliphatic heterocycles. The Labute approximate surface area is 132 Å². The highest BCUT2D eigenvalue weighted by Crippen LogP contribution is 2.13. The molecular weight excluding hydrogens is 297 g/mol. The lowest BCUT2D eigenvalue weighted by atomic mass is 10.2. The molecule has 1 aromatic carbocycles. The first kappa shape index (κ1) is 15.4. The van der Waals surface area contributed by atoms with Gasteiger partial charge in [-0.05, 0) is 26.0 Å². The first-order valence-corrected chi connectivity index (χ1v) is 7.51. The predicted molar refractivity (Wildman–Crippen MR) is 85.5 cm³/mol. The van der Waals surface area contributed by atoms with Gasteiger partial charge in [-0.2, -0.15) is 5.10 Å². The van der Waals surface area contributed by atoms with Crippen molar-refractivity contribution in [3.63, 3.8) is 0 Å². The van der Waals surface area contributed by atoms with Crippen LogP contribution in [0.25, 0.3) is 10.9 Å². The number of nitrogens with one attached hydrogen (secondary N) is 2. The van der Waals surface area contributed by atoms with Crippen molar-refractivity contribution in [1.82, 2.24) is 25.1 Å². The maximum absolute atomic E-state index is 13.9. The summed E-state index contributed by atoms with van der Waals surface area (Å²) < 4.78 is 15.7. The number of nitrogens with zero attached hydrogens (tertiary/aromatic N) is 3. The fourth-order valence-corrected chi connectivity index (χ4v) is 2.59. The number of halogens is 1. The molecule has 0 spiro atoms. The smallest absolute Gasteiger partial charge is 0.189 e. The molecule has 2 aromatic heterocycles. The molecule has 0 saturated heterocycles. The second kappa shape index (κ2) is 6.29. The normalized spacial score (nSPS) is 12.7. The topological polar surface area (TPSA) is 75.6 Å². The molecule has 0 radical (unpaired) electrons. The van der Waals surface area contributed by atoms with E-state index in [0.29, 0.717) is 17.6 Å². The van der Waals surface area contributed by atoms with Crippen molar-refractivity contribution in [2.45, 2.75) is 33.0 Å². The number of fused-ring (bicyclic) bond motifs is 1. The summed E-state index contributed by atoms with van der Waals surface area (Å²) in [7, 11) is 0.